The number of aromatic nitrogens is 2. The van der Waals surface area contributed by atoms with E-state index < -0.39 is 5.79 Å². The van der Waals surface area contributed by atoms with Crippen LogP contribution in [-0.4, -0.2) is 52.9 Å². The lowest BCUT2D eigenvalue weighted by atomic mass is 10.0. The second-order valence-corrected chi connectivity index (χ2v) is 7.70. The molecule has 2 saturated heterocycles. The zero-order chi connectivity index (χ0) is 17.8. The van der Waals surface area contributed by atoms with Gasteiger partial charge >= 0.3 is 0 Å². The highest BCUT2D eigenvalue weighted by molar-refractivity contribution is 7.09. The third-order valence-corrected chi connectivity index (χ3v) is 5.96. The number of hydrogen-bond donors (Lipinski definition) is 0. The number of nitrogens with zero attached hydrogens (tertiary/aromatic N) is 3. The number of rotatable bonds is 5. The molecule has 2 aliphatic heterocycles. The molecule has 0 atom stereocenters. The van der Waals surface area contributed by atoms with Crippen molar-refractivity contribution in [2.45, 2.75) is 37.9 Å². The van der Waals surface area contributed by atoms with E-state index in [1.807, 2.05) is 34.8 Å². The summed E-state index contributed by atoms with van der Waals surface area (Å²) in [6, 6.07) is 4.05. The van der Waals surface area contributed by atoms with E-state index in [-0.39, 0.29) is 5.91 Å². The number of hydrogen-bond acceptors (Lipinski definition) is 6. The van der Waals surface area contributed by atoms with Crippen molar-refractivity contribution in [3.05, 3.63) is 46.2 Å². The Morgan fingerprint density at radius 2 is 1.88 bits per heavy atom. The molecule has 0 bridgehead atoms. The second kappa shape index (κ2) is 7.82. The Bertz CT molecular complexity index is 733. The molecule has 0 unspecified atom stereocenters. The van der Waals surface area contributed by atoms with Crippen LogP contribution in [-0.2, 0) is 33.5 Å². The second-order valence-electron chi connectivity index (χ2n) is 6.75. The van der Waals surface area contributed by atoms with Crippen molar-refractivity contribution in [3.63, 3.8) is 0 Å². The van der Waals surface area contributed by atoms with Gasteiger partial charge in [-0.2, -0.15) is 0 Å². The lowest BCUT2D eigenvalue weighted by Crippen LogP contribution is -2.47. The largest absolute Gasteiger partial charge is 0.347 e. The third kappa shape index (κ3) is 4.11. The summed E-state index contributed by atoms with van der Waals surface area (Å²) in [5.74, 6) is -0.291. The molecular weight excluding hydrogens is 350 g/mol. The Hall–Kier alpha value is -1.83. The van der Waals surface area contributed by atoms with E-state index in [2.05, 4.69) is 9.97 Å². The molecule has 7 heteroatoms. The van der Waals surface area contributed by atoms with Crippen molar-refractivity contribution in [2.24, 2.45) is 0 Å². The van der Waals surface area contributed by atoms with Crippen molar-refractivity contribution in [1.82, 2.24) is 14.9 Å². The molecule has 0 aromatic carbocycles. The Kier molecular flexibility index (Phi) is 5.28. The van der Waals surface area contributed by atoms with Crippen LogP contribution < -0.4 is 0 Å². The molecule has 4 heterocycles. The van der Waals surface area contributed by atoms with Crippen LogP contribution >= 0.6 is 11.3 Å². The maximum absolute atomic E-state index is 12.6. The number of ether oxygens (including phenoxy) is 2. The molecule has 2 aliphatic rings. The summed E-state index contributed by atoms with van der Waals surface area (Å²) in [6.45, 7) is 2.71. The summed E-state index contributed by atoms with van der Waals surface area (Å²) in [5, 5.41) is 3.09. The number of carbonyl (C=O) groups excluding carboxylic acids is 1. The van der Waals surface area contributed by atoms with E-state index in [9.17, 15) is 4.79 Å². The molecule has 4 rings (SSSR count). The Balaban J connectivity index is 1.26. The fourth-order valence-corrected chi connectivity index (χ4v) is 4.29. The minimum Gasteiger partial charge on any atom is -0.347 e. The van der Waals surface area contributed by atoms with Gasteiger partial charge in [0.05, 0.1) is 30.3 Å². The zero-order valence-electron chi connectivity index (χ0n) is 14.7. The van der Waals surface area contributed by atoms with Gasteiger partial charge in [-0.15, -0.1) is 11.3 Å². The van der Waals surface area contributed by atoms with E-state index >= 15 is 0 Å². The third-order valence-electron chi connectivity index (χ3n) is 5.00. The topological polar surface area (TPSA) is 64.6 Å². The van der Waals surface area contributed by atoms with E-state index in [1.165, 1.54) is 5.56 Å². The van der Waals surface area contributed by atoms with Crippen LogP contribution in [0.3, 0.4) is 0 Å². The van der Waals surface area contributed by atoms with Crippen LogP contribution in [0, 0.1) is 0 Å². The molecule has 0 N–H and O–H groups in total. The predicted molar refractivity (Wildman–Crippen MR) is 97.9 cm³/mol. The lowest BCUT2D eigenvalue weighted by molar-refractivity contribution is -0.187. The van der Waals surface area contributed by atoms with Gasteiger partial charge < -0.3 is 14.4 Å². The average molecular weight is 373 g/mol. The first-order valence-corrected chi connectivity index (χ1v) is 9.98. The van der Waals surface area contributed by atoms with Crippen LogP contribution in [0.1, 0.15) is 29.1 Å². The Morgan fingerprint density at radius 1 is 1.15 bits per heavy atom. The van der Waals surface area contributed by atoms with Crippen LogP contribution in [0.2, 0.25) is 0 Å². The quantitative estimate of drug-likeness (QED) is 0.804. The van der Waals surface area contributed by atoms with Gasteiger partial charge in [-0.3, -0.25) is 9.78 Å². The normalized spacial score (nSPS) is 19.2. The fraction of sp³-hybridized carbons (Fsp3) is 0.526. The van der Waals surface area contributed by atoms with E-state index in [4.69, 9.17) is 9.47 Å². The molecule has 0 saturated carbocycles. The molecule has 2 fully saturated rings. The SMILES string of the molecule is O=C(Cc1csc(CCc2ccncc2)n1)N1CCC2(CC1)OCCO2. The molecule has 2 aromatic heterocycles. The fourth-order valence-electron chi connectivity index (χ4n) is 3.49. The minimum atomic E-state index is -0.433. The van der Waals surface area contributed by atoms with E-state index in [0.717, 1.165) is 36.4 Å². The van der Waals surface area contributed by atoms with Crippen molar-refractivity contribution in [1.29, 1.82) is 0 Å². The van der Waals surface area contributed by atoms with Gasteiger partial charge in [-0.25, -0.2) is 4.98 Å². The number of likely N-dealkylation sites (tertiary alicyclic amines) is 1. The molecule has 138 valence electrons. The molecule has 26 heavy (non-hydrogen) atoms. The van der Waals surface area contributed by atoms with E-state index in [1.54, 1.807) is 11.3 Å². The molecule has 6 nitrogen and oxygen atoms in total. The summed E-state index contributed by atoms with van der Waals surface area (Å²) in [4.78, 5) is 23.1. The van der Waals surface area contributed by atoms with Crippen LogP contribution in [0.15, 0.2) is 29.9 Å². The summed E-state index contributed by atoms with van der Waals surface area (Å²) in [6.07, 6.45) is 7.35. The number of aryl methyl sites for hydroxylation is 2. The lowest BCUT2D eigenvalue weighted by Gasteiger charge is -2.37. The van der Waals surface area contributed by atoms with Crippen molar-refractivity contribution in [3.8, 4) is 0 Å². The maximum Gasteiger partial charge on any atom is 0.228 e. The van der Waals surface area contributed by atoms with Crippen LogP contribution in [0.25, 0.3) is 0 Å². The Morgan fingerprint density at radius 3 is 2.62 bits per heavy atom. The Labute approximate surface area is 157 Å². The highest BCUT2D eigenvalue weighted by Gasteiger charge is 2.40. The molecule has 1 amide bonds. The predicted octanol–water partition coefficient (Wildman–Crippen LogP) is 2.23. The first kappa shape index (κ1) is 17.6. The van der Waals surface area contributed by atoms with Gasteiger partial charge in [0.15, 0.2) is 5.79 Å². The average Bonchev–Trinajstić information content (AvgIpc) is 3.31. The molecular formula is C19H23N3O3S. The summed E-state index contributed by atoms with van der Waals surface area (Å²) < 4.78 is 11.4. The van der Waals surface area contributed by atoms with E-state index in [0.29, 0.717) is 32.7 Å². The van der Waals surface area contributed by atoms with Gasteiger partial charge in [0, 0.05) is 50.1 Å². The number of piperidine rings is 1. The molecule has 2 aromatic rings. The van der Waals surface area contributed by atoms with Gasteiger partial charge in [0.25, 0.3) is 0 Å². The number of pyridine rings is 1. The van der Waals surface area contributed by atoms with Gasteiger partial charge in [-0.05, 0) is 24.1 Å². The molecule has 1 spiro atoms. The monoisotopic (exact) mass is 373 g/mol. The smallest absolute Gasteiger partial charge is 0.228 e. The van der Waals surface area contributed by atoms with Crippen molar-refractivity contribution >= 4 is 17.2 Å². The highest BCUT2D eigenvalue weighted by atomic mass is 32.1. The highest BCUT2D eigenvalue weighted by Crippen LogP contribution is 2.31. The van der Waals surface area contributed by atoms with Crippen molar-refractivity contribution in [2.75, 3.05) is 26.3 Å². The zero-order valence-corrected chi connectivity index (χ0v) is 15.5. The first-order valence-electron chi connectivity index (χ1n) is 9.10. The summed E-state index contributed by atoms with van der Waals surface area (Å²) >= 11 is 1.64. The first-order chi connectivity index (χ1) is 12.7. The van der Waals surface area contributed by atoms with Crippen molar-refractivity contribution < 1.29 is 14.3 Å². The van der Waals surface area contributed by atoms with Gasteiger partial charge in [0.2, 0.25) is 5.91 Å². The standard InChI is InChI=1S/C19H23N3O3S/c23-18(22-9-5-19(6-10-22)24-11-12-25-19)13-16-14-26-17(21-16)2-1-15-3-7-20-8-4-15/h3-4,7-8,14H,1-2,5-6,9-13H2. The number of carbonyl (C=O) groups is 1. The minimum absolute atomic E-state index is 0.142. The van der Waals surface area contributed by atoms with Crippen LogP contribution in [0.4, 0.5) is 0 Å². The molecule has 0 aliphatic carbocycles. The number of thiazole rings is 1. The summed E-state index contributed by atoms with van der Waals surface area (Å²) in [5.41, 5.74) is 2.13. The maximum atomic E-state index is 12.6. The number of amides is 1. The van der Waals surface area contributed by atoms with Gasteiger partial charge in [0.1, 0.15) is 0 Å². The molecule has 0 radical (unpaired) electrons. The van der Waals surface area contributed by atoms with Crippen LogP contribution in [0.5, 0.6) is 0 Å². The van der Waals surface area contributed by atoms with Gasteiger partial charge in [-0.1, -0.05) is 0 Å². The summed E-state index contributed by atoms with van der Waals surface area (Å²) in [7, 11) is 0.